The van der Waals surface area contributed by atoms with Crippen molar-refractivity contribution < 1.29 is 8.78 Å². The van der Waals surface area contributed by atoms with E-state index in [1.165, 1.54) is 0 Å². The molecule has 0 saturated carbocycles. The highest BCUT2D eigenvalue weighted by Crippen LogP contribution is 2.60. The first kappa shape index (κ1) is 17.1. The first-order chi connectivity index (χ1) is 8.39. The van der Waals surface area contributed by atoms with Crippen LogP contribution in [0.2, 0.25) is 0 Å². The topological polar surface area (TPSA) is 0 Å². The van der Waals surface area contributed by atoms with E-state index >= 15 is 0 Å². The van der Waals surface area contributed by atoms with Gasteiger partial charge in [0, 0.05) is 11.0 Å². The van der Waals surface area contributed by atoms with E-state index < -0.39 is 11.3 Å². The molecular weight excluding hydrogens is 230 g/mol. The van der Waals surface area contributed by atoms with Gasteiger partial charge in [0.15, 0.2) is 0 Å². The Morgan fingerprint density at radius 3 is 1.83 bits per heavy atom. The van der Waals surface area contributed by atoms with Gasteiger partial charge in [-0.2, -0.15) is 0 Å². The number of alkyl halides is 2. The summed E-state index contributed by atoms with van der Waals surface area (Å²) in [5.74, 6) is -2.79. The van der Waals surface area contributed by atoms with Crippen molar-refractivity contribution in [2.24, 2.45) is 5.41 Å². The van der Waals surface area contributed by atoms with E-state index in [4.69, 9.17) is 0 Å². The summed E-state index contributed by atoms with van der Waals surface area (Å²) in [6.45, 7) is 13.1. The third-order valence-electron chi connectivity index (χ3n) is 3.66. The number of hydrogen-bond acceptors (Lipinski definition) is 0. The Bertz CT molecular complexity index is 367. The van der Waals surface area contributed by atoms with Gasteiger partial charge in [0.05, 0.1) is 0 Å². The minimum absolute atomic E-state index is 0.0892. The Morgan fingerprint density at radius 1 is 0.944 bits per heavy atom. The second kappa shape index (κ2) is 6.31. The first-order valence-corrected chi connectivity index (χ1v) is 6.86. The van der Waals surface area contributed by atoms with Gasteiger partial charge in [-0.25, -0.2) is 8.78 Å². The van der Waals surface area contributed by atoms with Gasteiger partial charge in [-0.1, -0.05) is 72.7 Å². The van der Waals surface area contributed by atoms with Crippen molar-refractivity contribution in [1.82, 2.24) is 0 Å². The van der Waals surface area contributed by atoms with Crippen LogP contribution in [0.4, 0.5) is 8.78 Å². The molecule has 1 aromatic carbocycles. The minimum atomic E-state index is -2.71. The van der Waals surface area contributed by atoms with Crippen LogP contribution in [-0.4, -0.2) is 0 Å². The van der Waals surface area contributed by atoms with Crippen LogP contribution in [0.15, 0.2) is 24.3 Å². The Labute approximate surface area is 110 Å². The summed E-state index contributed by atoms with van der Waals surface area (Å²) in [6.07, 6.45) is 0. The van der Waals surface area contributed by atoms with Gasteiger partial charge in [0.2, 0.25) is 0 Å². The van der Waals surface area contributed by atoms with Gasteiger partial charge in [0.25, 0.3) is 5.92 Å². The van der Waals surface area contributed by atoms with Crippen LogP contribution in [0.3, 0.4) is 0 Å². The molecule has 0 heterocycles. The molecule has 18 heavy (non-hydrogen) atoms. The van der Waals surface area contributed by atoms with Gasteiger partial charge in [-0.3, -0.25) is 0 Å². The van der Waals surface area contributed by atoms with Crippen LogP contribution < -0.4 is 0 Å². The molecule has 2 rings (SSSR count). The van der Waals surface area contributed by atoms with Gasteiger partial charge in [-0.15, -0.1) is 0 Å². The van der Waals surface area contributed by atoms with Crippen LogP contribution in [0.1, 0.15) is 65.5 Å². The molecule has 0 aromatic heterocycles. The number of benzene rings is 1. The van der Waals surface area contributed by atoms with E-state index in [-0.39, 0.29) is 11.5 Å². The molecule has 2 heteroatoms. The lowest BCUT2D eigenvalue weighted by atomic mass is 9.79. The van der Waals surface area contributed by atoms with E-state index in [9.17, 15) is 8.78 Å². The van der Waals surface area contributed by atoms with Crippen molar-refractivity contribution in [1.29, 1.82) is 0 Å². The minimum Gasteiger partial charge on any atom is -0.201 e. The SMILES string of the molecule is CC.CC.CC1c2ccccc2C(F)(F)C1(C)C. The highest BCUT2D eigenvalue weighted by molar-refractivity contribution is 5.42. The maximum atomic E-state index is 14.0. The Hall–Kier alpha value is -0.920. The van der Waals surface area contributed by atoms with E-state index in [2.05, 4.69) is 0 Å². The first-order valence-electron chi connectivity index (χ1n) is 6.86. The molecule has 1 aliphatic carbocycles. The smallest absolute Gasteiger partial charge is 0.201 e. The Morgan fingerprint density at radius 2 is 1.39 bits per heavy atom. The van der Waals surface area contributed by atoms with Crippen molar-refractivity contribution in [2.45, 2.75) is 60.3 Å². The molecule has 0 saturated heterocycles. The van der Waals surface area contributed by atoms with Crippen molar-refractivity contribution >= 4 is 0 Å². The lowest BCUT2D eigenvalue weighted by Crippen LogP contribution is -2.31. The average molecular weight is 256 g/mol. The maximum absolute atomic E-state index is 14.0. The van der Waals surface area contributed by atoms with Crippen molar-refractivity contribution in [3.8, 4) is 0 Å². The van der Waals surface area contributed by atoms with E-state index in [0.717, 1.165) is 5.56 Å². The van der Waals surface area contributed by atoms with Gasteiger partial charge < -0.3 is 0 Å². The quantitative estimate of drug-likeness (QED) is 0.536. The van der Waals surface area contributed by atoms with E-state index in [1.807, 2.05) is 46.8 Å². The molecule has 0 fully saturated rings. The molecule has 1 aliphatic rings. The van der Waals surface area contributed by atoms with Crippen molar-refractivity contribution in [3.05, 3.63) is 35.4 Å². The van der Waals surface area contributed by atoms with Gasteiger partial charge >= 0.3 is 0 Å². The molecule has 0 amide bonds. The van der Waals surface area contributed by atoms with Crippen molar-refractivity contribution in [2.75, 3.05) is 0 Å². The molecular formula is C16H26F2. The molecule has 1 atom stereocenters. The summed E-state index contributed by atoms with van der Waals surface area (Å²) in [7, 11) is 0. The summed E-state index contributed by atoms with van der Waals surface area (Å²) in [5.41, 5.74) is 0.0245. The maximum Gasteiger partial charge on any atom is 0.279 e. The van der Waals surface area contributed by atoms with Crippen LogP contribution in [0.5, 0.6) is 0 Å². The number of rotatable bonds is 0. The zero-order chi connectivity index (χ0) is 14.6. The Kier molecular flexibility index (Phi) is 5.98. The summed E-state index contributed by atoms with van der Waals surface area (Å²) >= 11 is 0. The fourth-order valence-corrected chi connectivity index (χ4v) is 2.17. The second-order valence-electron chi connectivity index (χ2n) is 4.61. The molecule has 0 N–H and O–H groups in total. The zero-order valence-corrected chi connectivity index (χ0v) is 12.6. The molecule has 0 bridgehead atoms. The predicted molar refractivity (Wildman–Crippen MR) is 75.2 cm³/mol. The standard InChI is InChI=1S/C12H14F2.2C2H6/c1-8-9-6-4-5-7-10(9)12(13,14)11(8,2)3;2*1-2/h4-8H,1-3H3;2*1-2H3. The normalized spacial score (nSPS) is 21.9. The van der Waals surface area contributed by atoms with E-state index in [1.54, 1.807) is 26.0 Å². The van der Waals surface area contributed by atoms with Crippen molar-refractivity contribution in [3.63, 3.8) is 0 Å². The average Bonchev–Trinajstić information content (AvgIpc) is 2.54. The highest BCUT2D eigenvalue weighted by atomic mass is 19.3. The summed E-state index contributed by atoms with van der Waals surface area (Å²) in [5, 5.41) is 0. The lowest BCUT2D eigenvalue weighted by Gasteiger charge is -2.30. The largest absolute Gasteiger partial charge is 0.279 e. The van der Waals surface area contributed by atoms with Crippen LogP contribution in [0.25, 0.3) is 0 Å². The highest BCUT2D eigenvalue weighted by Gasteiger charge is 2.58. The van der Waals surface area contributed by atoms with Crippen LogP contribution >= 0.6 is 0 Å². The third-order valence-corrected chi connectivity index (χ3v) is 3.66. The fraction of sp³-hybridized carbons (Fsp3) is 0.625. The summed E-state index contributed by atoms with van der Waals surface area (Å²) < 4.78 is 27.9. The summed E-state index contributed by atoms with van der Waals surface area (Å²) in [4.78, 5) is 0. The Balaban J connectivity index is 0.000000659. The lowest BCUT2D eigenvalue weighted by molar-refractivity contribution is -0.107. The van der Waals surface area contributed by atoms with E-state index in [0.29, 0.717) is 0 Å². The van der Waals surface area contributed by atoms with Crippen LogP contribution in [-0.2, 0) is 5.92 Å². The fourth-order valence-electron chi connectivity index (χ4n) is 2.17. The molecule has 0 nitrogen and oxygen atoms in total. The predicted octanol–water partition coefficient (Wildman–Crippen LogP) is 5.97. The van der Waals surface area contributed by atoms with Gasteiger partial charge in [0.1, 0.15) is 0 Å². The van der Waals surface area contributed by atoms with Gasteiger partial charge in [-0.05, 0) is 11.5 Å². The molecule has 0 aliphatic heterocycles. The molecule has 104 valence electrons. The number of fused-ring (bicyclic) bond motifs is 1. The molecule has 1 aromatic rings. The number of hydrogen-bond donors (Lipinski definition) is 0. The zero-order valence-electron chi connectivity index (χ0n) is 12.6. The molecule has 0 radical (unpaired) electrons. The second-order valence-corrected chi connectivity index (χ2v) is 4.61. The number of halogens is 2. The third kappa shape index (κ3) is 2.43. The molecule has 1 unspecified atom stereocenters. The summed E-state index contributed by atoms with van der Waals surface area (Å²) in [6, 6.07) is 6.86. The molecule has 0 spiro atoms. The monoisotopic (exact) mass is 256 g/mol. The van der Waals surface area contributed by atoms with Crippen LogP contribution in [0, 0.1) is 5.41 Å².